The Morgan fingerprint density at radius 1 is 1.42 bits per heavy atom. The van der Waals surface area contributed by atoms with E-state index in [0.29, 0.717) is 11.9 Å². The number of rotatable bonds is 10. The predicted octanol–water partition coefficient (Wildman–Crippen LogP) is 2.60. The second kappa shape index (κ2) is 9.53. The Labute approximate surface area is 116 Å². The Bertz CT molecular complexity index is 351. The van der Waals surface area contributed by atoms with E-state index in [1.807, 2.05) is 24.4 Å². The fourth-order valence-electron chi connectivity index (χ4n) is 2.04. The first kappa shape index (κ1) is 15.7. The number of ether oxygens (including phenoxy) is 1. The zero-order valence-corrected chi connectivity index (χ0v) is 11.8. The summed E-state index contributed by atoms with van der Waals surface area (Å²) in [6.45, 7) is 3.73. The summed E-state index contributed by atoms with van der Waals surface area (Å²) in [5.74, 6) is 6.25. The number of pyridine rings is 1. The highest BCUT2D eigenvalue weighted by Gasteiger charge is 2.08. The average Bonchev–Trinajstić information content (AvgIpc) is 2.46. The van der Waals surface area contributed by atoms with Gasteiger partial charge in [-0.1, -0.05) is 25.0 Å². The van der Waals surface area contributed by atoms with E-state index in [9.17, 15) is 0 Å². The van der Waals surface area contributed by atoms with Gasteiger partial charge in [-0.3, -0.25) is 11.3 Å². The third-order valence-corrected chi connectivity index (χ3v) is 3.19. The molecule has 3 N–H and O–H groups in total. The van der Waals surface area contributed by atoms with Gasteiger partial charge in [0, 0.05) is 18.3 Å². The van der Waals surface area contributed by atoms with Crippen molar-refractivity contribution in [1.29, 1.82) is 0 Å². The van der Waals surface area contributed by atoms with E-state index in [-0.39, 0.29) is 0 Å². The van der Waals surface area contributed by atoms with Gasteiger partial charge in [0.1, 0.15) is 0 Å². The molecule has 0 amide bonds. The fourth-order valence-corrected chi connectivity index (χ4v) is 2.04. The van der Waals surface area contributed by atoms with Crippen molar-refractivity contribution >= 4 is 0 Å². The summed E-state index contributed by atoms with van der Waals surface area (Å²) in [5.41, 5.74) is 4.07. The molecule has 1 aromatic rings. The number of hydrazine groups is 1. The van der Waals surface area contributed by atoms with Gasteiger partial charge in [0.15, 0.2) is 0 Å². The monoisotopic (exact) mass is 263 g/mol. The molecular formula is C15H25N3O. The lowest BCUT2D eigenvalue weighted by atomic mass is 10.0. The predicted molar refractivity (Wildman–Crippen MR) is 78.9 cm³/mol. The molecule has 1 aromatic heterocycles. The summed E-state index contributed by atoms with van der Waals surface area (Å²) < 4.78 is 5.04. The molecule has 1 rings (SSSR count). The summed E-state index contributed by atoms with van der Waals surface area (Å²) in [4.78, 5) is 4.20. The highest BCUT2D eigenvalue weighted by Crippen LogP contribution is 2.12. The minimum atomic E-state index is 0.305. The molecule has 0 bridgehead atoms. The maximum Gasteiger partial charge on any atom is 0.212 e. The van der Waals surface area contributed by atoms with E-state index >= 15 is 0 Å². The lowest BCUT2D eigenvalue weighted by Gasteiger charge is -2.15. The highest BCUT2D eigenvalue weighted by atomic mass is 16.5. The summed E-state index contributed by atoms with van der Waals surface area (Å²) in [7, 11) is 1.62. The summed E-state index contributed by atoms with van der Waals surface area (Å²) >= 11 is 0. The maximum atomic E-state index is 5.61. The van der Waals surface area contributed by atoms with Crippen LogP contribution >= 0.6 is 0 Å². The molecule has 0 aliphatic carbocycles. The summed E-state index contributed by atoms with van der Waals surface area (Å²) in [5, 5.41) is 0. The molecular weight excluding hydrogens is 238 g/mol. The van der Waals surface area contributed by atoms with E-state index in [0.717, 1.165) is 19.3 Å². The van der Waals surface area contributed by atoms with Crippen molar-refractivity contribution in [2.45, 2.75) is 44.6 Å². The first-order valence-corrected chi connectivity index (χ1v) is 6.86. The molecule has 4 heteroatoms. The summed E-state index contributed by atoms with van der Waals surface area (Å²) in [6.07, 6.45) is 10.5. The standard InChI is InChI=1S/C15H25N3O/c1-3-4-5-6-7-8-14(18-16)11-13-9-10-15(19-2)17-12-13/h3,9-10,12,14,18H,1,4-8,11,16H2,2H3. The minimum absolute atomic E-state index is 0.305. The van der Waals surface area contributed by atoms with Gasteiger partial charge in [0.05, 0.1) is 7.11 Å². The molecule has 0 saturated heterocycles. The zero-order chi connectivity index (χ0) is 13.9. The molecule has 0 aromatic carbocycles. The second-order valence-corrected chi connectivity index (χ2v) is 4.70. The molecule has 4 nitrogen and oxygen atoms in total. The molecule has 1 unspecified atom stereocenters. The van der Waals surface area contributed by atoms with Crippen LogP contribution in [-0.2, 0) is 6.42 Å². The molecule has 0 saturated carbocycles. The Hall–Kier alpha value is -1.39. The Morgan fingerprint density at radius 2 is 2.26 bits per heavy atom. The van der Waals surface area contributed by atoms with Crippen molar-refractivity contribution in [2.75, 3.05) is 7.11 Å². The van der Waals surface area contributed by atoms with Gasteiger partial charge < -0.3 is 4.74 Å². The quantitative estimate of drug-likeness (QED) is 0.295. The molecule has 0 radical (unpaired) electrons. The van der Waals surface area contributed by atoms with E-state index < -0.39 is 0 Å². The van der Waals surface area contributed by atoms with Crippen molar-refractivity contribution in [2.24, 2.45) is 5.84 Å². The smallest absolute Gasteiger partial charge is 0.212 e. The largest absolute Gasteiger partial charge is 0.481 e. The first-order chi connectivity index (χ1) is 9.30. The van der Waals surface area contributed by atoms with Crippen LogP contribution in [0.1, 0.15) is 37.7 Å². The van der Waals surface area contributed by atoms with Crippen LogP contribution in [0, 0.1) is 0 Å². The van der Waals surface area contributed by atoms with Gasteiger partial charge >= 0.3 is 0 Å². The van der Waals surface area contributed by atoms with Gasteiger partial charge in [-0.15, -0.1) is 6.58 Å². The third kappa shape index (κ3) is 6.36. The van der Waals surface area contributed by atoms with E-state index in [1.54, 1.807) is 7.11 Å². The van der Waals surface area contributed by atoms with E-state index in [2.05, 4.69) is 17.0 Å². The molecule has 1 heterocycles. The van der Waals surface area contributed by atoms with Crippen molar-refractivity contribution in [3.05, 3.63) is 36.5 Å². The molecule has 1 atom stereocenters. The lowest BCUT2D eigenvalue weighted by Crippen LogP contribution is -2.36. The number of hydrogen-bond donors (Lipinski definition) is 2. The second-order valence-electron chi connectivity index (χ2n) is 4.70. The van der Waals surface area contributed by atoms with Crippen LogP contribution in [0.5, 0.6) is 5.88 Å². The van der Waals surface area contributed by atoms with E-state index in [4.69, 9.17) is 10.6 Å². The van der Waals surface area contributed by atoms with Crippen LogP contribution in [0.4, 0.5) is 0 Å². The van der Waals surface area contributed by atoms with Gasteiger partial charge in [0.25, 0.3) is 0 Å². The number of allylic oxidation sites excluding steroid dienone is 1. The number of hydrogen-bond acceptors (Lipinski definition) is 4. The SMILES string of the molecule is C=CCCCCCC(Cc1ccc(OC)nc1)NN. The third-order valence-electron chi connectivity index (χ3n) is 3.19. The normalized spacial score (nSPS) is 12.1. The van der Waals surface area contributed by atoms with Gasteiger partial charge in [-0.2, -0.15) is 0 Å². The summed E-state index contributed by atoms with van der Waals surface area (Å²) in [6, 6.07) is 4.22. The number of methoxy groups -OCH3 is 1. The topological polar surface area (TPSA) is 60.2 Å². The van der Waals surface area contributed by atoms with Crippen molar-refractivity contribution < 1.29 is 4.74 Å². The molecule has 0 aliphatic rings. The molecule has 0 fully saturated rings. The van der Waals surface area contributed by atoms with Crippen molar-refractivity contribution in [1.82, 2.24) is 10.4 Å². The average molecular weight is 263 g/mol. The fraction of sp³-hybridized carbons (Fsp3) is 0.533. The van der Waals surface area contributed by atoms with E-state index in [1.165, 1.54) is 24.8 Å². The van der Waals surface area contributed by atoms with Crippen molar-refractivity contribution in [3.8, 4) is 5.88 Å². The van der Waals surface area contributed by atoms with Crippen LogP contribution in [0.2, 0.25) is 0 Å². The van der Waals surface area contributed by atoms with Crippen LogP contribution in [-0.4, -0.2) is 18.1 Å². The molecule has 0 spiro atoms. The number of unbranched alkanes of at least 4 members (excludes halogenated alkanes) is 3. The van der Waals surface area contributed by atoms with Gasteiger partial charge in [-0.05, 0) is 31.2 Å². The molecule has 19 heavy (non-hydrogen) atoms. The highest BCUT2D eigenvalue weighted by molar-refractivity contribution is 5.18. The Kier molecular flexibility index (Phi) is 7.86. The Balaban J connectivity index is 2.31. The number of aromatic nitrogens is 1. The van der Waals surface area contributed by atoms with Crippen LogP contribution in [0.15, 0.2) is 31.0 Å². The van der Waals surface area contributed by atoms with Crippen LogP contribution < -0.4 is 16.0 Å². The van der Waals surface area contributed by atoms with Gasteiger partial charge in [-0.25, -0.2) is 4.98 Å². The van der Waals surface area contributed by atoms with Crippen LogP contribution in [0.25, 0.3) is 0 Å². The number of nitrogens with zero attached hydrogens (tertiary/aromatic N) is 1. The number of nitrogens with one attached hydrogen (secondary N) is 1. The minimum Gasteiger partial charge on any atom is -0.481 e. The lowest BCUT2D eigenvalue weighted by molar-refractivity contribution is 0.397. The van der Waals surface area contributed by atoms with Crippen LogP contribution in [0.3, 0.4) is 0 Å². The zero-order valence-electron chi connectivity index (χ0n) is 11.8. The van der Waals surface area contributed by atoms with Crippen molar-refractivity contribution in [3.63, 3.8) is 0 Å². The maximum absolute atomic E-state index is 5.61. The first-order valence-electron chi connectivity index (χ1n) is 6.86. The molecule has 106 valence electrons. The Morgan fingerprint density at radius 3 is 2.84 bits per heavy atom. The van der Waals surface area contributed by atoms with Gasteiger partial charge in [0.2, 0.25) is 5.88 Å². The molecule has 0 aliphatic heterocycles. The number of nitrogens with two attached hydrogens (primary N) is 1.